The summed E-state index contributed by atoms with van der Waals surface area (Å²) in [6.45, 7) is 3.94. The molecular weight excluding hydrogens is 206 g/mol. The van der Waals surface area contributed by atoms with Crippen LogP contribution in [0.3, 0.4) is 0 Å². The molecule has 1 fully saturated rings. The number of amides is 1. The summed E-state index contributed by atoms with van der Waals surface area (Å²) in [6.07, 6.45) is 3.37. The molecule has 1 aliphatic carbocycles. The Kier molecular flexibility index (Phi) is 4.74. The molecule has 0 aromatic carbocycles. The van der Waals surface area contributed by atoms with Crippen molar-refractivity contribution in [2.75, 3.05) is 13.7 Å². The fraction of sp³-hybridized carbons (Fsp3) is 0.917. The number of methoxy groups -OCH3 is 1. The average molecular weight is 229 g/mol. The zero-order chi connectivity index (χ0) is 12.2. The molecule has 4 nitrogen and oxygen atoms in total. The predicted molar refractivity (Wildman–Crippen MR) is 62.1 cm³/mol. The molecule has 1 aliphatic rings. The summed E-state index contributed by atoms with van der Waals surface area (Å²) in [5.41, 5.74) is -0.420. The van der Waals surface area contributed by atoms with Gasteiger partial charge >= 0.3 is 0 Å². The van der Waals surface area contributed by atoms with Crippen LogP contribution in [0.2, 0.25) is 0 Å². The molecule has 0 saturated heterocycles. The third-order valence-corrected chi connectivity index (χ3v) is 3.65. The largest absolute Gasteiger partial charge is 0.394 e. The molecule has 1 atom stereocenters. The van der Waals surface area contributed by atoms with E-state index in [2.05, 4.69) is 12.2 Å². The first-order valence-corrected chi connectivity index (χ1v) is 5.98. The summed E-state index contributed by atoms with van der Waals surface area (Å²) in [5, 5.41) is 12.4. The number of hydrogen-bond donors (Lipinski definition) is 2. The lowest BCUT2D eigenvalue weighted by atomic mass is 9.77. The molecule has 0 heterocycles. The zero-order valence-electron chi connectivity index (χ0n) is 10.5. The Morgan fingerprint density at radius 3 is 2.56 bits per heavy atom. The van der Waals surface area contributed by atoms with E-state index in [0.29, 0.717) is 5.92 Å². The van der Waals surface area contributed by atoms with E-state index in [1.54, 1.807) is 6.92 Å². The first-order valence-electron chi connectivity index (χ1n) is 5.98. The maximum atomic E-state index is 11.7. The quantitative estimate of drug-likeness (QED) is 0.758. The highest BCUT2D eigenvalue weighted by Crippen LogP contribution is 2.31. The minimum atomic E-state index is -0.456. The number of carbonyl (C=O) groups is 1. The first kappa shape index (κ1) is 13.5. The van der Waals surface area contributed by atoms with Crippen LogP contribution in [0.15, 0.2) is 0 Å². The normalized spacial score (nSPS) is 32.1. The number of aliphatic hydroxyl groups excluding tert-OH is 1. The number of aliphatic hydroxyl groups is 1. The van der Waals surface area contributed by atoms with E-state index in [0.717, 1.165) is 25.7 Å². The molecule has 0 aromatic rings. The maximum Gasteiger partial charge on any atom is 0.249 e. The fourth-order valence-electron chi connectivity index (χ4n) is 2.11. The van der Waals surface area contributed by atoms with Crippen molar-refractivity contribution >= 4 is 5.91 Å². The van der Waals surface area contributed by atoms with Crippen molar-refractivity contribution in [3.63, 3.8) is 0 Å². The third kappa shape index (κ3) is 3.19. The fourth-order valence-corrected chi connectivity index (χ4v) is 2.11. The summed E-state index contributed by atoms with van der Waals surface area (Å²) in [6, 6.07) is 0. The second kappa shape index (κ2) is 5.64. The molecule has 0 radical (unpaired) electrons. The highest BCUT2D eigenvalue weighted by molar-refractivity contribution is 5.81. The molecule has 2 N–H and O–H groups in total. The van der Waals surface area contributed by atoms with Crippen molar-refractivity contribution in [1.29, 1.82) is 0 Å². The molecule has 0 bridgehead atoms. The second-order valence-corrected chi connectivity index (χ2v) is 4.99. The summed E-state index contributed by atoms with van der Waals surface area (Å²) < 4.78 is 4.97. The van der Waals surface area contributed by atoms with E-state index >= 15 is 0 Å². The van der Waals surface area contributed by atoms with Gasteiger partial charge in [-0.3, -0.25) is 4.79 Å². The molecule has 0 aliphatic heterocycles. The standard InChI is InChI=1S/C12H23NO3/c1-9-4-6-12(8-14,7-5-9)13-11(15)10(2)16-3/h9-10,14H,4-8H2,1-3H3,(H,13,15). The van der Waals surface area contributed by atoms with Crippen LogP contribution in [0, 0.1) is 5.92 Å². The Morgan fingerprint density at radius 1 is 1.56 bits per heavy atom. The molecule has 1 unspecified atom stereocenters. The van der Waals surface area contributed by atoms with Crippen LogP contribution in [-0.2, 0) is 9.53 Å². The van der Waals surface area contributed by atoms with Gasteiger partial charge in [0.1, 0.15) is 6.10 Å². The lowest BCUT2D eigenvalue weighted by molar-refractivity contribution is -0.133. The van der Waals surface area contributed by atoms with Crippen LogP contribution in [-0.4, -0.2) is 36.4 Å². The summed E-state index contributed by atoms with van der Waals surface area (Å²) in [4.78, 5) is 11.7. The van der Waals surface area contributed by atoms with Crippen LogP contribution in [0.4, 0.5) is 0 Å². The lowest BCUT2D eigenvalue weighted by Crippen LogP contribution is -2.55. The van der Waals surface area contributed by atoms with Gasteiger partial charge in [-0.2, -0.15) is 0 Å². The van der Waals surface area contributed by atoms with Gasteiger partial charge < -0.3 is 15.2 Å². The number of hydrogen-bond acceptors (Lipinski definition) is 3. The van der Waals surface area contributed by atoms with Crippen LogP contribution in [0.25, 0.3) is 0 Å². The van der Waals surface area contributed by atoms with Crippen molar-refractivity contribution < 1.29 is 14.6 Å². The Labute approximate surface area is 97.4 Å². The number of carbonyl (C=O) groups excluding carboxylic acids is 1. The third-order valence-electron chi connectivity index (χ3n) is 3.65. The van der Waals surface area contributed by atoms with E-state index < -0.39 is 11.6 Å². The van der Waals surface area contributed by atoms with Gasteiger partial charge in [0, 0.05) is 7.11 Å². The molecule has 16 heavy (non-hydrogen) atoms. The Bertz CT molecular complexity index is 234. The molecule has 0 spiro atoms. The molecule has 1 saturated carbocycles. The van der Waals surface area contributed by atoms with Crippen LogP contribution in [0.1, 0.15) is 39.5 Å². The molecule has 94 valence electrons. The van der Waals surface area contributed by atoms with Gasteiger partial charge in [0.05, 0.1) is 12.1 Å². The number of ether oxygens (including phenoxy) is 1. The van der Waals surface area contributed by atoms with Crippen LogP contribution >= 0.6 is 0 Å². The summed E-state index contributed by atoms with van der Waals surface area (Å²) in [5.74, 6) is 0.558. The Balaban J connectivity index is 2.57. The van der Waals surface area contributed by atoms with Gasteiger partial charge in [-0.15, -0.1) is 0 Å². The Morgan fingerprint density at radius 2 is 2.12 bits per heavy atom. The Hall–Kier alpha value is -0.610. The second-order valence-electron chi connectivity index (χ2n) is 4.99. The van der Waals surface area contributed by atoms with E-state index in [1.165, 1.54) is 7.11 Å². The van der Waals surface area contributed by atoms with Crippen molar-refractivity contribution in [1.82, 2.24) is 5.32 Å². The van der Waals surface area contributed by atoms with Crippen molar-refractivity contribution in [3.8, 4) is 0 Å². The molecule has 4 heteroatoms. The number of nitrogens with one attached hydrogen (secondary N) is 1. The SMILES string of the molecule is COC(C)C(=O)NC1(CO)CCC(C)CC1. The van der Waals surface area contributed by atoms with Gasteiger partial charge in [-0.05, 0) is 38.5 Å². The monoisotopic (exact) mass is 229 g/mol. The highest BCUT2D eigenvalue weighted by atomic mass is 16.5. The molecule has 1 amide bonds. The van der Waals surface area contributed by atoms with Crippen LogP contribution < -0.4 is 5.32 Å². The predicted octanol–water partition coefficient (Wildman–Crippen LogP) is 1.08. The molecule has 0 aromatic heterocycles. The lowest BCUT2D eigenvalue weighted by Gasteiger charge is -2.39. The molecule has 1 rings (SSSR count). The van der Waals surface area contributed by atoms with Crippen molar-refractivity contribution in [3.05, 3.63) is 0 Å². The van der Waals surface area contributed by atoms with E-state index in [1.807, 2.05) is 0 Å². The summed E-state index contributed by atoms with van der Waals surface area (Å²) >= 11 is 0. The van der Waals surface area contributed by atoms with E-state index in [-0.39, 0.29) is 12.5 Å². The van der Waals surface area contributed by atoms with Gasteiger partial charge in [0.25, 0.3) is 0 Å². The van der Waals surface area contributed by atoms with Crippen molar-refractivity contribution in [2.45, 2.75) is 51.2 Å². The van der Waals surface area contributed by atoms with Gasteiger partial charge in [-0.1, -0.05) is 6.92 Å². The van der Waals surface area contributed by atoms with Crippen LogP contribution in [0.5, 0.6) is 0 Å². The number of rotatable bonds is 4. The minimum absolute atomic E-state index is 0.0158. The highest BCUT2D eigenvalue weighted by Gasteiger charge is 2.35. The maximum absolute atomic E-state index is 11.7. The minimum Gasteiger partial charge on any atom is -0.394 e. The van der Waals surface area contributed by atoms with Gasteiger partial charge in [0.15, 0.2) is 0 Å². The smallest absolute Gasteiger partial charge is 0.249 e. The van der Waals surface area contributed by atoms with E-state index in [4.69, 9.17) is 4.74 Å². The molecular formula is C12H23NO3. The summed E-state index contributed by atoms with van der Waals surface area (Å²) in [7, 11) is 1.51. The van der Waals surface area contributed by atoms with Gasteiger partial charge in [0.2, 0.25) is 5.91 Å². The van der Waals surface area contributed by atoms with E-state index in [9.17, 15) is 9.90 Å². The topological polar surface area (TPSA) is 58.6 Å². The first-order chi connectivity index (χ1) is 7.53. The van der Waals surface area contributed by atoms with Gasteiger partial charge in [-0.25, -0.2) is 0 Å². The zero-order valence-corrected chi connectivity index (χ0v) is 10.5. The van der Waals surface area contributed by atoms with Crippen molar-refractivity contribution in [2.24, 2.45) is 5.92 Å². The average Bonchev–Trinajstić information content (AvgIpc) is 2.31.